The van der Waals surface area contributed by atoms with Gasteiger partial charge in [-0.3, -0.25) is 4.79 Å². The Hall–Kier alpha value is -3.88. The van der Waals surface area contributed by atoms with E-state index in [9.17, 15) is 9.18 Å². The minimum absolute atomic E-state index is 0.00415. The van der Waals surface area contributed by atoms with Gasteiger partial charge in [-0.2, -0.15) is 0 Å². The molecule has 1 amide bonds. The largest absolute Gasteiger partial charge is 0.446 e. The molecule has 8 nitrogen and oxygen atoms in total. The summed E-state index contributed by atoms with van der Waals surface area (Å²) >= 11 is 0. The van der Waals surface area contributed by atoms with Crippen LogP contribution < -0.4 is 0 Å². The minimum atomic E-state index is -0.650. The van der Waals surface area contributed by atoms with Crippen LogP contribution in [0.2, 0.25) is 0 Å². The summed E-state index contributed by atoms with van der Waals surface area (Å²) in [5.41, 5.74) is 1.87. The number of pyridine rings is 1. The van der Waals surface area contributed by atoms with Crippen molar-refractivity contribution in [2.24, 2.45) is 0 Å². The number of hydrogen-bond donors (Lipinski definition) is 0. The Kier molecular flexibility index (Phi) is 6.30. The van der Waals surface area contributed by atoms with E-state index in [1.165, 1.54) is 11.0 Å². The number of nitrogens with zero attached hydrogens (tertiary/aromatic N) is 5. The molecule has 4 rings (SSSR count). The van der Waals surface area contributed by atoms with E-state index in [4.69, 9.17) is 8.83 Å². The molecule has 0 radical (unpaired) electrons. The first kappa shape index (κ1) is 22.3. The molecule has 0 aliphatic heterocycles. The second-order valence-corrected chi connectivity index (χ2v) is 7.98. The van der Waals surface area contributed by atoms with Gasteiger partial charge in [0, 0.05) is 19.9 Å². The topological polar surface area (TPSA) is 98.2 Å². The molecule has 0 saturated heterocycles. The summed E-state index contributed by atoms with van der Waals surface area (Å²) in [6, 6.07) is 11.3. The van der Waals surface area contributed by atoms with Crippen LogP contribution in [0.15, 0.2) is 51.4 Å². The van der Waals surface area contributed by atoms with E-state index in [-0.39, 0.29) is 29.6 Å². The lowest BCUT2D eigenvalue weighted by atomic mass is 10.0. The number of rotatable bonds is 7. The van der Waals surface area contributed by atoms with Crippen LogP contribution in [0, 0.1) is 19.7 Å². The lowest BCUT2D eigenvalue weighted by Gasteiger charge is -2.15. The SMILES string of the molecule is Cc1nc(CN(C)C(=O)c2cc(-c3nnc(C(C)Cc4ccccc4)o3)c(F)cn2)c(C)o1. The van der Waals surface area contributed by atoms with Gasteiger partial charge in [-0.15, -0.1) is 10.2 Å². The fraction of sp³-hybridized carbons (Fsp3) is 0.292. The van der Waals surface area contributed by atoms with E-state index < -0.39 is 11.7 Å². The number of benzene rings is 1. The number of hydrogen-bond acceptors (Lipinski definition) is 7. The van der Waals surface area contributed by atoms with E-state index in [0.717, 1.165) is 11.8 Å². The Morgan fingerprint density at radius 1 is 1.15 bits per heavy atom. The van der Waals surface area contributed by atoms with Gasteiger partial charge < -0.3 is 13.7 Å². The third kappa shape index (κ3) is 4.97. The Bertz CT molecular complexity index is 1270. The second kappa shape index (κ2) is 9.32. The van der Waals surface area contributed by atoms with Gasteiger partial charge in [0.05, 0.1) is 18.3 Å². The first-order valence-electron chi connectivity index (χ1n) is 10.5. The molecule has 1 aromatic carbocycles. The molecule has 4 aromatic rings. The minimum Gasteiger partial charge on any atom is -0.446 e. The molecule has 170 valence electrons. The van der Waals surface area contributed by atoms with Gasteiger partial charge in [-0.1, -0.05) is 37.3 Å². The van der Waals surface area contributed by atoms with Crippen molar-refractivity contribution in [2.75, 3.05) is 7.05 Å². The van der Waals surface area contributed by atoms with Crippen molar-refractivity contribution in [2.45, 2.75) is 39.7 Å². The van der Waals surface area contributed by atoms with Crippen molar-refractivity contribution >= 4 is 5.91 Å². The highest BCUT2D eigenvalue weighted by molar-refractivity contribution is 5.93. The van der Waals surface area contributed by atoms with E-state index in [1.807, 2.05) is 37.3 Å². The highest BCUT2D eigenvalue weighted by Gasteiger charge is 2.22. The van der Waals surface area contributed by atoms with Crippen molar-refractivity contribution in [3.05, 3.63) is 82.9 Å². The van der Waals surface area contributed by atoms with Gasteiger partial charge in [0.2, 0.25) is 5.89 Å². The Morgan fingerprint density at radius 3 is 2.61 bits per heavy atom. The molecule has 0 aliphatic rings. The van der Waals surface area contributed by atoms with Crippen LogP contribution in [0.1, 0.15) is 52.1 Å². The van der Waals surface area contributed by atoms with Crippen LogP contribution in [0.4, 0.5) is 4.39 Å². The van der Waals surface area contributed by atoms with Gasteiger partial charge in [0.1, 0.15) is 17.1 Å². The monoisotopic (exact) mass is 449 g/mol. The van der Waals surface area contributed by atoms with Crippen molar-refractivity contribution in [1.82, 2.24) is 25.1 Å². The number of halogens is 1. The zero-order valence-corrected chi connectivity index (χ0v) is 18.9. The number of amides is 1. The molecule has 0 N–H and O–H groups in total. The molecule has 0 fully saturated rings. The maximum Gasteiger partial charge on any atom is 0.272 e. The van der Waals surface area contributed by atoms with E-state index in [1.54, 1.807) is 20.9 Å². The summed E-state index contributed by atoms with van der Waals surface area (Å²) in [4.78, 5) is 22.6. The van der Waals surface area contributed by atoms with E-state index in [0.29, 0.717) is 29.7 Å². The first-order valence-corrected chi connectivity index (χ1v) is 10.5. The molecule has 33 heavy (non-hydrogen) atoms. The summed E-state index contributed by atoms with van der Waals surface area (Å²) in [6.07, 6.45) is 1.69. The molecule has 0 saturated carbocycles. The van der Waals surface area contributed by atoms with Crippen molar-refractivity contribution in [3.8, 4) is 11.5 Å². The summed E-state index contributed by atoms with van der Waals surface area (Å²) in [7, 11) is 1.62. The summed E-state index contributed by atoms with van der Waals surface area (Å²) in [5.74, 6) is 0.468. The summed E-state index contributed by atoms with van der Waals surface area (Å²) in [6.45, 7) is 5.72. The highest BCUT2D eigenvalue weighted by Crippen LogP contribution is 2.26. The molecule has 3 heterocycles. The Morgan fingerprint density at radius 2 is 1.91 bits per heavy atom. The van der Waals surface area contributed by atoms with Crippen LogP contribution in [0.5, 0.6) is 0 Å². The lowest BCUT2D eigenvalue weighted by molar-refractivity contribution is 0.0777. The molecular weight excluding hydrogens is 425 g/mol. The average Bonchev–Trinajstić information content (AvgIpc) is 3.40. The molecule has 3 aromatic heterocycles. The van der Waals surface area contributed by atoms with Crippen LogP contribution in [0.25, 0.3) is 11.5 Å². The number of carbonyl (C=O) groups excluding carboxylic acids is 1. The highest BCUT2D eigenvalue weighted by atomic mass is 19.1. The Balaban J connectivity index is 1.52. The van der Waals surface area contributed by atoms with Gasteiger partial charge in [-0.25, -0.2) is 14.4 Å². The van der Waals surface area contributed by atoms with Crippen molar-refractivity contribution in [1.29, 1.82) is 0 Å². The van der Waals surface area contributed by atoms with Gasteiger partial charge in [-0.05, 0) is 25.0 Å². The maximum absolute atomic E-state index is 14.5. The summed E-state index contributed by atoms with van der Waals surface area (Å²) in [5, 5.41) is 8.10. The predicted molar refractivity (Wildman–Crippen MR) is 118 cm³/mol. The van der Waals surface area contributed by atoms with Crippen molar-refractivity contribution < 1.29 is 18.0 Å². The quantitative estimate of drug-likeness (QED) is 0.410. The van der Waals surface area contributed by atoms with E-state index in [2.05, 4.69) is 20.2 Å². The van der Waals surface area contributed by atoms with Gasteiger partial charge in [0.15, 0.2) is 11.7 Å². The van der Waals surface area contributed by atoms with Crippen molar-refractivity contribution in [3.63, 3.8) is 0 Å². The lowest BCUT2D eigenvalue weighted by Crippen LogP contribution is -2.27. The third-order valence-electron chi connectivity index (χ3n) is 5.29. The van der Waals surface area contributed by atoms with Crippen LogP contribution >= 0.6 is 0 Å². The second-order valence-electron chi connectivity index (χ2n) is 7.98. The smallest absolute Gasteiger partial charge is 0.272 e. The molecule has 0 bridgehead atoms. The van der Waals surface area contributed by atoms with Gasteiger partial charge >= 0.3 is 0 Å². The molecule has 9 heteroatoms. The maximum atomic E-state index is 14.5. The van der Waals surface area contributed by atoms with Gasteiger partial charge in [0.25, 0.3) is 11.8 Å². The zero-order chi connectivity index (χ0) is 23.5. The first-order chi connectivity index (χ1) is 15.8. The number of aryl methyl sites for hydroxylation is 2. The third-order valence-corrected chi connectivity index (χ3v) is 5.29. The normalized spacial score (nSPS) is 12.0. The number of oxazole rings is 1. The Labute approximate surface area is 190 Å². The van der Waals surface area contributed by atoms with Crippen LogP contribution in [-0.4, -0.2) is 38.0 Å². The number of carbonyl (C=O) groups is 1. The fourth-order valence-electron chi connectivity index (χ4n) is 3.53. The molecular formula is C24H24FN5O3. The standard InChI is InChI=1S/C24H24FN5O3/c1-14(10-17-8-6-5-7-9-17)22-28-29-23(33-22)18-11-20(26-12-19(18)25)24(31)30(4)13-21-15(2)32-16(3)27-21/h5-9,11-12,14H,10,13H2,1-4H3. The molecule has 0 spiro atoms. The fourth-order valence-corrected chi connectivity index (χ4v) is 3.53. The zero-order valence-electron chi connectivity index (χ0n) is 18.9. The average molecular weight is 449 g/mol. The summed E-state index contributed by atoms with van der Waals surface area (Å²) < 4.78 is 25.7. The van der Waals surface area contributed by atoms with Crippen LogP contribution in [-0.2, 0) is 13.0 Å². The molecule has 1 atom stereocenters. The van der Waals surface area contributed by atoms with Crippen LogP contribution in [0.3, 0.4) is 0 Å². The number of aromatic nitrogens is 4. The molecule has 0 aliphatic carbocycles. The predicted octanol–water partition coefficient (Wildman–Crippen LogP) is 4.49. The molecule has 1 unspecified atom stereocenters. The van der Waals surface area contributed by atoms with E-state index >= 15 is 0 Å².